The molecule has 0 aliphatic rings. The number of benzene rings is 1. The minimum Gasteiger partial charge on any atom is -0.481 e. The number of hydrogen-bond donors (Lipinski definition) is 1. The minimum absolute atomic E-state index is 0.0208. The lowest BCUT2D eigenvalue weighted by molar-refractivity contribution is -0.138. The Labute approximate surface area is 95.1 Å². The van der Waals surface area contributed by atoms with Crippen LogP contribution in [-0.4, -0.2) is 11.1 Å². The summed E-state index contributed by atoms with van der Waals surface area (Å²) in [5.74, 6) is -1.36. The third kappa shape index (κ3) is 3.33. The molecule has 0 saturated carbocycles. The van der Waals surface area contributed by atoms with Crippen LogP contribution in [0.1, 0.15) is 38.7 Å². The third-order valence-corrected chi connectivity index (χ3v) is 2.68. The van der Waals surface area contributed by atoms with E-state index in [4.69, 9.17) is 5.11 Å². The molecule has 0 aliphatic carbocycles. The molecule has 2 nitrogen and oxygen atoms in total. The molecule has 0 aliphatic heterocycles. The Morgan fingerprint density at radius 3 is 2.50 bits per heavy atom. The lowest BCUT2D eigenvalue weighted by Gasteiger charge is -2.30. The van der Waals surface area contributed by atoms with E-state index < -0.39 is 5.97 Å². The second kappa shape index (κ2) is 4.64. The fourth-order valence-electron chi connectivity index (χ4n) is 1.82. The molecule has 0 radical (unpaired) electrons. The fraction of sp³-hybridized carbons (Fsp3) is 0.462. The molecule has 1 aromatic carbocycles. The number of carbonyl (C=O) groups is 1. The van der Waals surface area contributed by atoms with E-state index in [-0.39, 0.29) is 23.6 Å². The Bertz CT molecular complexity index is 380. The van der Waals surface area contributed by atoms with Gasteiger partial charge in [0.1, 0.15) is 5.82 Å². The highest BCUT2D eigenvalue weighted by Gasteiger charge is 2.28. The van der Waals surface area contributed by atoms with Gasteiger partial charge in [-0.05, 0) is 29.0 Å². The van der Waals surface area contributed by atoms with Crippen LogP contribution in [-0.2, 0) is 4.79 Å². The first-order chi connectivity index (χ1) is 7.30. The summed E-state index contributed by atoms with van der Waals surface area (Å²) in [6.07, 6.45) is 0.0208. The molecule has 1 aromatic rings. The quantitative estimate of drug-likeness (QED) is 0.854. The Hall–Kier alpha value is -1.38. The molecule has 0 aromatic heterocycles. The van der Waals surface area contributed by atoms with E-state index in [1.54, 1.807) is 12.1 Å². The molecular formula is C13H17FO2. The van der Waals surface area contributed by atoms with Gasteiger partial charge >= 0.3 is 5.97 Å². The molecule has 0 amide bonds. The van der Waals surface area contributed by atoms with Crippen molar-refractivity contribution in [1.29, 1.82) is 0 Å². The van der Waals surface area contributed by atoms with E-state index in [0.29, 0.717) is 0 Å². The Morgan fingerprint density at radius 1 is 1.44 bits per heavy atom. The van der Waals surface area contributed by atoms with Crippen molar-refractivity contribution in [2.24, 2.45) is 5.41 Å². The van der Waals surface area contributed by atoms with Crippen molar-refractivity contribution in [3.63, 3.8) is 0 Å². The van der Waals surface area contributed by atoms with Crippen LogP contribution in [0.2, 0.25) is 0 Å². The maximum atomic E-state index is 13.1. The van der Waals surface area contributed by atoms with E-state index in [1.807, 2.05) is 20.8 Å². The van der Waals surface area contributed by atoms with Gasteiger partial charge in [0.2, 0.25) is 0 Å². The molecule has 3 heteroatoms. The van der Waals surface area contributed by atoms with Crippen molar-refractivity contribution >= 4 is 5.97 Å². The highest BCUT2D eigenvalue weighted by Crippen LogP contribution is 2.37. The summed E-state index contributed by atoms with van der Waals surface area (Å²) in [5, 5.41) is 8.88. The predicted octanol–water partition coefficient (Wildman–Crippen LogP) is 3.43. The lowest BCUT2D eigenvalue weighted by atomic mass is 9.74. The standard InChI is InChI=1S/C13H17FO2/c1-13(2,3)11(8-12(15)16)9-5-4-6-10(14)7-9/h4-7,11H,8H2,1-3H3,(H,15,16). The zero-order valence-electron chi connectivity index (χ0n) is 9.83. The van der Waals surface area contributed by atoms with Gasteiger partial charge in [0.05, 0.1) is 6.42 Å². The van der Waals surface area contributed by atoms with E-state index in [0.717, 1.165) is 5.56 Å². The van der Waals surface area contributed by atoms with Gasteiger partial charge in [-0.25, -0.2) is 4.39 Å². The summed E-state index contributed by atoms with van der Waals surface area (Å²) in [7, 11) is 0. The molecule has 0 spiro atoms. The molecule has 0 bridgehead atoms. The molecule has 0 saturated heterocycles. The number of carboxylic acid groups (broad SMARTS) is 1. The summed E-state index contributed by atoms with van der Waals surface area (Å²) in [5.41, 5.74) is 0.543. The summed E-state index contributed by atoms with van der Waals surface area (Å²) in [6, 6.07) is 6.18. The largest absolute Gasteiger partial charge is 0.481 e. The van der Waals surface area contributed by atoms with Crippen LogP contribution in [0.5, 0.6) is 0 Å². The van der Waals surface area contributed by atoms with Crippen LogP contribution >= 0.6 is 0 Å². The van der Waals surface area contributed by atoms with E-state index in [1.165, 1.54) is 12.1 Å². The highest BCUT2D eigenvalue weighted by atomic mass is 19.1. The van der Waals surface area contributed by atoms with Gasteiger partial charge in [-0.3, -0.25) is 4.79 Å². The normalized spacial score (nSPS) is 13.5. The Balaban J connectivity index is 3.06. The van der Waals surface area contributed by atoms with Crippen LogP contribution in [0.4, 0.5) is 4.39 Å². The van der Waals surface area contributed by atoms with Gasteiger partial charge in [0.15, 0.2) is 0 Å². The van der Waals surface area contributed by atoms with Crippen LogP contribution in [0.3, 0.4) is 0 Å². The van der Waals surface area contributed by atoms with Gasteiger partial charge in [-0.1, -0.05) is 32.9 Å². The van der Waals surface area contributed by atoms with Crippen molar-refractivity contribution in [3.8, 4) is 0 Å². The number of rotatable bonds is 3. The topological polar surface area (TPSA) is 37.3 Å². The van der Waals surface area contributed by atoms with Crippen LogP contribution in [0.15, 0.2) is 24.3 Å². The number of aliphatic carboxylic acids is 1. The maximum absolute atomic E-state index is 13.1. The fourth-order valence-corrected chi connectivity index (χ4v) is 1.82. The van der Waals surface area contributed by atoms with Crippen LogP contribution in [0.25, 0.3) is 0 Å². The molecule has 0 heterocycles. The van der Waals surface area contributed by atoms with Crippen LogP contribution < -0.4 is 0 Å². The zero-order valence-corrected chi connectivity index (χ0v) is 9.83. The summed E-state index contributed by atoms with van der Waals surface area (Å²) < 4.78 is 13.1. The lowest BCUT2D eigenvalue weighted by Crippen LogP contribution is -2.21. The molecule has 1 N–H and O–H groups in total. The smallest absolute Gasteiger partial charge is 0.303 e. The Kier molecular flexibility index (Phi) is 3.68. The average Bonchev–Trinajstić information content (AvgIpc) is 2.12. The first-order valence-electron chi connectivity index (χ1n) is 5.28. The van der Waals surface area contributed by atoms with E-state index in [2.05, 4.69) is 0 Å². The van der Waals surface area contributed by atoms with Gasteiger partial charge < -0.3 is 5.11 Å². The highest BCUT2D eigenvalue weighted by molar-refractivity contribution is 5.68. The summed E-state index contributed by atoms with van der Waals surface area (Å²) in [6.45, 7) is 5.89. The number of halogens is 1. The van der Waals surface area contributed by atoms with E-state index in [9.17, 15) is 9.18 Å². The second-order valence-corrected chi connectivity index (χ2v) is 5.07. The van der Waals surface area contributed by atoms with Gasteiger partial charge in [0.25, 0.3) is 0 Å². The van der Waals surface area contributed by atoms with Crippen molar-refractivity contribution in [1.82, 2.24) is 0 Å². The molecule has 16 heavy (non-hydrogen) atoms. The number of carboxylic acids is 1. The van der Waals surface area contributed by atoms with Crippen molar-refractivity contribution in [3.05, 3.63) is 35.6 Å². The average molecular weight is 224 g/mol. The van der Waals surface area contributed by atoms with Crippen molar-refractivity contribution < 1.29 is 14.3 Å². The minimum atomic E-state index is -0.857. The van der Waals surface area contributed by atoms with Gasteiger partial charge in [0, 0.05) is 0 Å². The second-order valence-electron chi connectivity index (χ2n) is 5.07. The number of hydrogen-bond acceptors (Lipinski definition) is 1. The molecule has 1 unspecified atom stereocenters. The molecule has 1 atom stereocenters. The first kappa shape index (κ1) is 12.7. The Morgan fingerprint density at radius 2 is 2.06 bits per heavy atom. The monoisotopic (exact) mass is 224 g/mol. The molecule has 0 fully saturated rings. The predicted molar refractivity (Wildman–Crippen MR) is 60.8 cm³/mol. The molecule has 88 valence electrons. The zero-order chi connectivity index (χ0) is 12.3. The molecular weight excluding hydrogens is 207 g/mol. The SMILES string of the molecule is CC(C)(C)C(CC(=O)O)c1cccc(F)c1. The van der Waals surface area contributed by atoms with E-state index >= 15 is 0 Å². The van der Waals surface area contributed by atoms with Crippen molar-refractivity contribution in [2.45, 2.75) is 33.1 Å². The maximum Gasteiger partial charge on any atom is 0.303 e. The van der Waals surface area contributed by atoms with Gasteiger partial charge in [-0.2, -0.15) is 0 Å². The van der Waals surface area contributed by atoms with Crippen LogP contribution in [0, 0.1) is 11.2 Å². The first-order valence-corrected chi connectivity index (χ1v) is 5.28. The summed E-state index contributed by atoms with van der Waals surface area (Å²) in [4.78, 5) is 10.8. The third-order valence-electron chi connectivity index (χ3n) is 2.68. The van der Waals surface area contributed by atoms with Gasteiger partial charge in [-0.15, -0.1) is 0 Å². The summed E-state index contributed by atoms with van der Waals surface area (Å²) >= 11 is 0. The van der Waals surface area contributed by atoms with Crippen molar-refractivity contribution in [2.75, 3.05) is 0 Å². The molecule has 1 rings (SSSR count).